The molecule has 0 aliphatic rings. The molecule has 0 saturated heterocycles. The fraction of sp³-hybridized carbons (Fsp3) is 0.368. The van der Waals surface area contributed by atoms with Crippen molar-refractivity contribution in [3.63, 3.8) is 0 Å². The van der Waals surface area contributed by atoms with Gasteiger partial charge >= 0.3 is 0 Å². The predicted molar refractivity (Wildman–Crippen MR) is 106 cm³/mol. The smallest absolute Gasteiger partial charge is 0.265 e. The average Bonchev–Trinajstić information content (AvgIpc) is 2.61. The molecule has 29 heavy (non-hydrogen) atoms. The fourth-order valence-corrected chi connectivity index (χ4v) is 2.32. The van der Waals surface area contributed by atoms with Gasteiger partial charge in [-0.3, -0.25) is 19.2 Å². The number of carbonyl (C=O) groups is 4. The van der Waals surface area contributed by atoms with Crippen LogP contribution in [0.15, 0.2) is 51.1 Å². The molecule has 0 rings (SSSR count). The van der Waals surface area contributed by atoms with E-state index in [4.69, 9.17) is 9.47 Å². The maximum absolute atomic E-state index is 12.5. The van der Waals surface area contributed by atoms with Gasteiger partial charge in [-0.15, -0.1) is 0 Å². The normalized spacial score (nSPS) is 11.4. The molecule has 0 heterocycles. The Balaban J connectivity index is 6.05. The SMILES string of the molecule is C=CNC(=O)C(C)(OC(C)(C)OC(C)(C(=O)NC=C)C(=O)NC=C)C(=O)NC=C. The standard InChI is InChI=1S/C19H28N4O6/c1-9-20-13(24)18(7,14(25)21-10-2)28-17(5,6)29-19(8,15(26)22-11-3)16(27)23-12-4/h9-12H,1-4H2,5-8H3,(H,20,24)(H,21,25)(H,22,26)(H,23,27). The monoisotopic (exact) mass is 408 g/mol. The van der Waals surface area contributed by atoms with Crippen molar-refractivity contribution in [1.82, 2.24) is 21.3 Å². The average molecular weight is 408 g/mol. The molecule has 0 radical (unpaired) electrons. The molecule has 0 bridgehead atoms. The van der Waals surface area contributed by atoms with Crippen LogP contribution < -0.4 is 21.3 Å². The van der Waals surface area contributed by atoms with Crippen LogP contribution >= 0.6 is 0 Å². The first-order valence-corrected chi connectivity index (χ1v) is 8.42. The summed E-state index contributed by atoms with van der Waals surface area (Å²) < 4.78 is 11.3. The third-order valence-corrected chi connectivity index (χ3v) is 3.57. The number of carbonyl (C=O) groups excluding carboxylic acids is 4. The minimum Gasteiger partial charge on any atom is -0.330 e. The summed E-state index contributed by atoms with van der Waals surface area (Å²) in [6.07, 6.45) is 4.27. The van der Waals surface area contributed by atoms with Gasteiger partial charge in [-0.2, -0.15) is 0 Å². The van der Waals surface area contributed by atoms with Crippen LogP contribution in [0.25, 0.3) is 0 Å². The molecule has 0 aromatic heterocycles. The largest absolute Gasteiger partial charge is 0.330 e. The van der Waals surface area contributed by atoms with Crippen LogP contribution in [0.1, 0.15) is 27.7 Å². The third kappa shape index (κ3) is 6.40. The summed E-state index contributed by atoms with van der Waals surface area (Å²) >= 11 is 0. The van der Waals surface area contributed by atoms with E-state index in [1.165, 1.54) is 27.7 Å². The van der Waals surface area contributed by atoms with Gasteiger partial charge in [0.05, 0.1) is 0 Å². The molecule has 0 fully saturated rings. The highest BCUT2D eigenvalue weighted by molar-refractivity contribution is 6.09. The van der Waals surface area contributed by atoms with Crippen LogP contribution in [0.2, 0.25) is 0 Å². The van der Waals surface area contributed by atoms with Gasteiger partial charge < -0.3 is 30.7 Å². The molecule has 0 aromatic carbocycles. The number of ether oxygens (including phenoxy) is 2. The first-order chi connectivity index (χ1) is 13.3. The molecule has 0 saturated carbocycles. The second-order valence-corrected chi connectivity index (χ2v) is 6.38. The lowest BCUT2D eigenvalue weighted by molar-refractivity contribution is -0.283. The van der Waals surface area contributed by atoms with Crippen molar-refractivity contribution in [3.05, 3.63) is 51.1 Å². The molecule has 0 unspecified atom stereocenters. The zero-order valence-electron chi connectivity index (χ0n) is 17.1. The lowest BCUT2D eigenvalue weighted by Gasteiger charge is -2.40. The highest BCUT2D eigenvalue weighted by atomic mass is 16.7. The molecule has 4 N–H and O–H groups in total. The summed E-state index contributed by atoms with van der Waals surface area (Å²) in [6.45, 7) is 18.5. The second-order valence-electron chi connectivity index (χ2n) is 6.38. The third-order valence-electron chi connectivity index (χ3n) is 3.57. The lowest BCUT2D eigenvalue weighted by Crippen LogP contribution is -2.63. The number of nitrogens with one attached hydrogen (secondary N) is 4. The Labute approximate surface area is 170 Å². The summed E-state index contributed by atoms with van der Waals surface area (Å²) in [5, 5.41) is 9.04. The van der Waals surface area contributed by atoms with E-state index in [0.717, 1.165) is 24.8 Å². The van der Waals surface area contributed by atoms with Gasteiger partial charge in [-0.1, -0.05) is 26.3 Å². The van der Waals surface area contributed by atoms with Crippen molar-refractivity contribution < 1.29 is 28.7 Å². The highest BCUT2D eigenvalue weighted by Crippen LogP contribution is 2.28. The second kappa shape index (κ2) is 10.3. The number of hydrogen-bond donors (Lipinski definition) is 4. The van der Waals surface area contributed by atoms with Crippen molar-refractivity contribution in [2.45, 2.75) is 44.7 Å². The van der Waals surface area contributed by atoms with Gasteiger partial charge in [-0.05, 0) is 52.5 Å². The zero-order chi connectivity index (χ0) is 22.9. The van der Waals surface area contributed by atoms with E-state index >= 15 is 0 Å². The summed E-state index contributed by atoms with van der Waals surface area (Å²) in [4.78, 5) is 49.8. The van der Waals surface area contributed by atoms with E-state index in [1.807, 2.05) is 0 Å². The quantitative estimate of drug-likeness (QED) is 0.271. The van der Waals surface area contributed by atoms with Crippen LogP contribution in [-0.4, -0.2) is 40.6 Å². The van der Waals surface area contributed by atoms with Crippen molar-refractivity contribution in [1.29, 1.82) is 0 Å². The van der Waals surface area contributed by atoms with E-state index in [2.05, 4.69) is 47.6 Å². The van der Waals surface area contributed by atoms with Crippen LogP contribution in [0.4, 0.5) is 0 Å². The Morgan fingerprint density at radius 3 is 0.966 bits per heavy atom. The summed E-state index contributed by atoms with van der Waals surface area (Å²) in [5.41, 5.74) is -4.26. The highest BCUT2D eigenvalue weighted by Gasteiger charge is 2.51. The minimum absolute atomic E-state index is 0.865. The Morgan fingerprint density at radius 1 is 0.586 bits per heavy atom. The molecule has 0 spiro atoms. The molecular formula is C19H28N4O6. The van der Waals surface area contributed by atoms with Gasteiger partial charge in [0.25, 0.3) is 23.6 Å². The molecule has 0 aliphatic carbocycles. The maximum Gasteiger partial charge on any atom is 0.265 e. The van der Waals surface area contributed by atoms with Crippen LogP contribution in [0.5, 0.6) is 0 Å². The maximum atomic E-state index is 12.5. The van der Waals surface area contributed by atoms with E-state index < -0.39 is 40.6 Å². The molecule has 4 amide bonds. The zero-order valence-corrected chi connectivity index (χ0v) is 17.1. The predicted octanol–water partition coefficient (Wildman–Crippen LogP) is 0.312. The van der Waals surface area contributed by atoms with Crippen molar-refractivity contribution in [2.24, 2.45) is 0 Å². The van der Waals surface area contributed by atoms with Gasteiger partial charge in [0, 0.05) is 0 Å². The number of rotatable bonds is 12. The van der Waals surface area contributed by atoms with E-state index in [0.29, 0.717) is 0 Å². The van der Waals surface area contributed by atoms with Gasteiger partial charge in [-0.25, -0.2) is 0 Å². The fourth-order valence-electron chi connectivity index (χ4n) is 2.32. The van der Waals surface area contributed by atoms with Crippen LogP contribution in [0, 0.1) is 0 Å². The molecule has 10 nitrogen and oxygen atoms in total. The summed E-state index contributed by atoms with van der Waals surface area (Å²) in [7, 11) is 0. The Kier molecular flexibility index (Phi) is 9.19. The Bertz CT molecular complexity index is 611. The minimum atomic E-state index is -2.13. The molecule has 160 valence electrons. The van der Waals surface area contributed by atoms with Crippen LogP contribution in [0.3, 0.4) is 0 Å². The van der Waals surface area contributed by atoms with Crippen molar-refractivity contribution >= 4 is 23.6 Å². The van der Waals surface area contributed by atoms with Crippen molar-refractivity contribution in [2.75, 3.05) is 0 Å². The molecule has 0 aliphatic heterocycles. The molecular weight excluding hydrogens is 380 g/mol. The summed E-state index contributed by atoms with van der Waals surface area (Å²) in [5.74, 6) is -5.25. The number of amides is 4. The Morgan fingerprint density at radius 2 is 0.793 bits per heavy atom. The number of hydrogen-bond acceptors (Lipinski definition) is 6. The lowest BCUT2D eigenvalue weighted by atomic mass is 10.0. The topological polar surface area (TPSA) is 135 Å². The first kappa shape index (κ1) is 25.8. The molecule has 0 aromatic rings. The van der Waals surface area contributed by atoms with Crippen molar-refractivity contribution in [3.8, 4) is 0 Å². The van der Waals surface area contributed by atoms with Crippen LogP contribution in [-0.2, 0) is 28.7 Å². The Hall–Kier alpha value is -3.24. The summed E-state index contributed by atoms with van der Waals surface area (Å²) in [6, 6.07) is 0. The molecule has 10 heteroatoms. The molecule has 0 atom stereocenters. The first-order valence-electron chi connectivity index (χ1n) is 8.42. The van der Waals surface area contributed by atoms with Gasteiger partial charge in [0.15, 0.2) is 5.79 Å². The van der Waals surface area contributed by atoms with Gasteiger partial charge in [0.2, 0.25) is 11.2 Å². The van der Waals surface area contributed by atoms with E-state index in [-0.39, 0.29) is 0 Å². The van der Waals surface area contributed by atoms with Gasteiger partial charge in [0.1, 0.15) is 0 Å². The van der Waals surface area contributed by atoms with E-state index in [1.54, 1.807) is 0 Å². The van der Waals surface area contributed by atoms with E-state index in [9.17, 15) is 19.2 Å².